The van der Waals surface area contributed by atoms with Gasteiger partial charge in [0.25, 0.3) is 0 Å². The summed E-state index contributed by atoms with van der Waals surface area (Å²) in [6.45, 7) is 2.06. The van der Waals surface area contributed by atoms with Crippen molar-refractivity contribution < 1.29 is 0 Å². The lowest BCUT2D eigenvalue weighted by Crippen LogP contribution is -2.02. The van der Waals surface area contributed by atoms with E-state index in [9.17, 15) is 0 Å². The summed E-state index contributed by atoms with van der Waals surface area (Å²) in [5, 5.41) is 0. The fourth-order valence-electron chi connectivity index (χ4n) is 1.21. The van der Waals surface area contributed by atoms with Crippen LogP contribution >= 0.6 is 0 Å². The quantitative estimate of drug-likeness (QED) is 0.665. The van der Waals surface area contributed by atoms with E-state index in [-0.39, 0.29) is 0 Å². The molecule has 0 spiro atoms. The first-order chi connectivity index (χ1) is 6.25. The Morgan fingerprint density at radius 1 is 1.23 bits per heavy atom. The molecule has 0 bridgehead atoms. The second-order valence-corrected chi connectivity index (χ2v) is 3.07. The van der Waals surface area contributed by atoms with Crippen molar-refractivity contribution in [2.45, 2.75) is 6.92 Å². The van der Waals surface area contributed by atoms with Gasteiger partial charge in [0.15, 0.2) is 0 Å². The van der Waals surface area contributed by atoms with Gasteiger partial charge in [0.2, 0.25) is 0 Å². The molecule has 1 heterocycles. The minimum atomic E-state index is 0.905. The summed E-state index contributed by atoms with van der Waals surface area (Å²) in [4.78, 5) is 4.15. The molecule has 3 heteroatoms. The van der Waals surface area contributed by atoms with Gasteiger partial charge in [-0.3, -0.25) is 4.68 Å². The van der Waals surface area contributed by atoms with Crippen LogP contribution in [0, 0.1) is 6.92 Å². The number of nitrogen functional groups attached to an aromatic ring is 1. The summed E-state index contributed by atoms with van der Waals surface area (Å²) in [6.07, 6.45) is 3.39. The van der Waals surface area contributed by atoms with Crippen molar-refractivity contribution in [1.29, 1.82) is 0 Å². The van der Waals surface area contributed by atoms with Gasteiger partial charge < -0.3 is 5.84 Å². The third kappa shape index (κ3) is 1.54. The Morgan fingerprint density at radius 2 is 1.92 bits per heavy atom. The maximum Gasteiger partial charge on any atom is 0.114 e. The van der Waals surface area contributed by atoms with Gasteiger partial charge in [-0.1, -0.05) is 29.8 Å². The molecule has 0 fully saturated rings. The molecule has 0 atom stereocenters. The molecule has 0 aliphatic rings. The Bertz CT molecular complexity index is 400. The number of benzene rings is 1. The second-order valence-electron chi connectivity index (χ2n) is 3.07. The molecule has 1 aromatic heterocycles. The van der Waals surface area contributed by atoms with E-state index in [1.54, 1.807) is 12.5 Å². The number of nitrogens with zero attached hydrogens (tertiary/aromatic N) is 2. The topological polar surface area (TPSA) is 43.8 Å². The summed E-state index contributed by atoms with van der Waals surface area (Å²) in [6, 6.07) is 8.20. The molecule has 2 N–H and O–H groups in total. The molecule has 1 aromatic carbocycles. The zero-order chi connectivity index (χ0) is 9.26. The van der Waals surface area contributed by atoms with E-state index >= 15 is 0 Å². The largest absolute Gasteiger partial charge is 0.338 e. The predicted molar refractivity (Wildman–Crippen MR) is 52.6 cm³/mol. The Morgan fingerprint density at radius 3 is 2.46 bits per heavy atom. The molecular weight excluding hydrogens is 162 g/mol. The summed E-state index contributed by atoms with van der Waals surface area (Å²) >= 11 is 0. The lowest BCUT2D eigenvalue weighted by atomic mass is 10.1. The van der Waals surface area contributed by atoms with Gasteiger partial charge >= 0.3 is 0 Å². The molecule has 0 radical (unpaired) electrons. The van der Waals surface area contributed by atoms with Crippen molar-refractivity contribution in [3.8, 4) is 11.3 Å². The van der Waals surface area contributed by atoms with Gasteiger partial charge in [-0.05, 0) is 6.92 Å². The van der Waals surface area contributed by atoms with E-state index in [0.717, 1.165) is 11.3 Å². The molecular formula is C10H11N3. The second kappa shape index (κ2) is 2.94. The first kappa shape index (κ1) is 7.86. The van der Waals surface area contributed by atoms with Crippen molar-refractivity contribution in [2.24, 2.45) is 0 Å². The first-order valence-corrected chi connectivity index (χ1v) is 4.12. The lowest BCUT2D eigenvalue weighted by Gasteiger charge is -1.96. The Kier molecular flexibility index (Phi) is 1.77. The molecule has 0 amide bonds. The predicted octanol–water partition coefficient (Wildman–Crippen LogP) is 1.57. The van der Waals surface area contributed by atoms with Gasteiger partial charge in [0, 0.05) is 5.56 Å². The third-order valence-electron chi connectivity index (χ3n) is 1.95. The number of rotatable bonds is 1. The van der Waals surface area contributed by atoms with Crippen LogP contribution in [-0.2, 0) is 0 Å². The fourth-order valence-corrected chi connectivity index (χ4v) is 1.21. The van der Waals surface area contributed by atoms with Crippen molar-refractivity contribution in [1.82, 2.24) is 9.66 Å². The van der Waals surface area contributed by atoms with Crippen LogP contribution in [0.15, 0.2) is 36.8 Å². The molecule has 3 nitrogen and oxygen atoms in total. The monoisotopic (exact) mass is 173 g/mol. The smallest absolute Gasteiger partial charge is 0.114 e. The van der Waals surface area contributed by atoms with Crippen LogP contribution in [0.3, 0.4) is 0 Å². The summed E-state index contributed by atoms with van der Waals surface area (Å²) < 4.78 is 1.45. The van der Waals surface area contributed by atoms with Crippen molar-refractivity contribution in [3.63, 3.8) is 0 Å². The van der Waals surface area contributed by atoms with Crippen LogP contribution in [-0.4, -0.2) is 9.66 Å². The Labute approximate surface area is 76.8 Å². The average molecular weight is 173 g/mol. The van der Waals surface area contributed by atoms with E-state index in [0.29, 0.717) is 0 Å². The van der Waals surface area contributed by atoms with E-state index < -0.39 is 0 Å². The highest BCUT2D eigenvalue weighted by Gasteiger charge is 1.99. The third-order valence-corrected chi connectivity index (χ3v) is 1.95. The standard InChI is InChI=1S/C10H11N3/c1-8-2-4-9(5-3-8)10-6-13(11)7-12-10/h2-7H,11H2,1H3. The van der Waals surface area contributed by atoms with Gasteiger partial charge in [0.05, 0.1) is 11.9 Å². The molecule has 0 aliphatic heterocycles. The maximum absolute atomic E-state index is 5.50. The van der Waals surface area contributed by atoms with Crippen LogP contribution in [0.25, 0.3) is 11.3 Å². The van der Waals surface area contributed by atoms with Crippen molar-refractivity contribution in [2.75, 3.05) is 5.84 Å². The van der Waals surface area contributed by atoms with E-state index in [2.05, 4.69) is 24.0 Å². The molecule has 2 aromatic rings. The Hall–Kier alpha value is -1.77. The van der Waals surface area contributed by atoms with E-state index in [4.69, 9.17) is 5.84 Å². The highest BCUT2D eigenvalue weighted by Crippen LogP contribution is 2.16. The number of aromatic nitrogens is 2. The summed E-state index contributed by atoms with van der Waals surface area (Å²) in [5.74, 6) is 5.50. The SMILES string of the molecule is Cc1ccc(-c2cn(N)cn2)cc1. The van der Waals surface area contributed by atoms with Crippen molar-refractivity contribution >= 4 is 0 Å². The van der Waals surface area contributed by atoms with Gasteiger partial charge in [0.1, 0.15) is 6.33 Å². The van der Waals surface area contributed by atoms with E-state index in [1.807, 2.05) is 12.1 Å². The lowest BCUT2D eigenvalue weighted by molar-refractivity contribution is 1.00. The zero-order valence-electron chi connectivity index (χ0n) is 7.44. The zero-order valence-corrected chi connectivity index (χ0v) is 7.44. The molecule has 66 valence electrons. The minimum absolute atomic E-state index is 0.905. The van der Waals surface area contributed by atoms with Crippen LogP contribution in [0.2, 0.25) is 0 Å². The molecule has 0 saturated carbocycles. The first-order valence-electron chi connectivity index (χ1n) is 4.12. The highest BCUT2D eigenvalue weighted by atomic mass is 15.3. The van der Waals surface area contributed by atoms with Crippen LogP contribution in [0.1, 0.15) is 5.56 Å². The Balaban J connectivity index is 2.41. The fraction of sp³-hybridized carbons (Fsp3) is 0.100. The summed E-state index contributed by atoms with van der Waals surface area (Å²) in [7, 11) is 0. The highest BCUT2D eigenvalue weighted by molar-refractivity contribution is 5.58. The minimum Gasteiger partial charge on any atom is -0.338 e. The van der Waals surface area contributed by atoms with Crippen LogP contribution in [0.4, 0.5) is 0 Å². The normalized spacial score (nSPS) is 10.2. The maximum atomic E-state index is 5.50. The summed E-state index contributed by atoms with van der Waals surface area (Å²) in [5.41, 5.74) is 3.24. The molecule has 13 heavy (non-hydrogen) atoms. The van der Waals surface area contributed by atoms with E-state index in [1.165, 1.54) is 10.2 Å². The number of imidazole rings is 1. The number of nitrogens with two attached hydrogens (primary N) is 1. The number of aryl methyl sites for hydroxylation is 1. The van der Waals surface area contributed by atoms with Crippen molar-refractivity contribution in [3.05, 3.63) is 42.4 Å². The molecule has 0 aliphatic carbocycles. The van der Waals surface area contributed by atoms with Gasteiger partial charge in [-0.2, -0.15) is 0 Å². The molecule has 2 rings (SSSR count). The van der Waals surface area contributed by atoms with Gasteiger partial charge in [-0.15, -0.1) is 0 Å². The average Bonchev–Trinajstić information content (AvgIpc) is 2.53. The van der Waals surface area contributed by atoms with Crippen LogP contribution < -0.4 is 5.84 Å². The molecule has 0 saturated heterocycles. The number of hydrogen-bond donors (Lipinski definition) is 1. The van der Waals surface area contributed by atoms with Crippen LogP contribution in [0.5, 0.6) is 0 Å². The number of hydrogen-bond acceptors (Lipinski definition) is 2. The molecule has 0 unspecified atom stereocenters. The van der Waals surface area contributed by atoms with Gasteiger partial charge in [-0.25, -0.2) is 4.98 Å².